The van der Waals surface area contributed by atoms with Gasteiger partial charge in [0.1, 0.15) is 5.76 Å². The summed E-state index contributed by atoms with van der Waals surface area (Å²) in [6.07, 6.45) is 0. The Hall–Kier alpha value is -1.64. The summed E-state index contributed by atoms with van der Waals surface area (Å²) in [5.74, 6) is 1.89. The van der Waals surface area contributed by atoms with Crippen LogP contribution >= 0.6 is 0 Å². The molecule has 2 aliphatic heterocycles. The molecule has 3 rings (SSSR count). The zero-order chi connectivity index (χ0) is 18.5. The van der Waals surface area contributed by atoms with Gasteiger partial charge in [-0.2, -0.15) is 0 Å². The van der Waals surface area contributed by atoms with Gasteiger partial charge in [0, 0.05) is 78.1 Å². The van der Waals surface area contributed by atoms with Gasteiger partial charge in [0.2, 0.25) is 0 Å². The minimum Gasteiger partial charge on any atom is -0.361 e. The standard InChI is InChI=1S/C18H33N7O/c1-15-11-16(21-26-15)13-24-7-9-25(10-8-24)18(19-2)20-12-17-14-22(3)5-6-23(17)4/h11,17H,5-10,12-14H2,1-4H3,(H,19,20). The molecule has 2 aliphatic rings. The first kappa shape index (κ1) is 19.1. The van der Waals surface area contributed by atoms with Crippen LogP contribution in [0.5, 0.6) is 0 Å². The first-order valence-corrected chi connectivity index (χ1v) is 9.54. The Morgan fingerprint density at radius 3 is 2.65 bits per heavy atom. The van der Waals surface area contributed by atoms with Crippen LogP contribution in [0.1, 0.15) is 11.5 Å². The summed E-state index contributed by atoms with van der Waals surface area (Å²) in [5, 5.41) is 7.69. The Labute approximate surface area is 156 Å². The maximum absolute atomic E-state index is 5.16. The average molecular weight is 364 g/mol. The van der Waals surface area contributed by atoms with Crippen LogP contribution in [-0.2, 0) is 6.54 Å². The number of guanidine groups is 1. The van der Waals surface area contributed by atoms with E-state index in [4.69, 9.17) is 4.52 Å². The minimum absolute atomic E-state index is 0.530. The summed E-state index contributed by atoms with van der Waals surface area (Å²) in [6, 6.07) is 2.55. The molecule has 1 unspecified atom stereocenters. The molecular weight excluding hydrogens is 330 g/mol. The van der Waals surface area contributed by atoms with Crippen molar-refractivity contribution >= 4 is 5.96 Å². The van der Waals surface area contributed by atoms with Crippen LogP contribution in [0.25, 0.3) is 0 Å². The lowest BCUT2D eigenvalue weighted by atomic mass is 10.2. The van der Waals surface area contributed by atoms with Gasteiger partial charge in [-0.1, -0.05) is 5.16 Å². The second-order valence-electron chi connectivity index (χ2n) is 7.52. The molecular formula is C18H33N7O. The first-order chi connectivity index (χ1) is 12.5. The highest BCUT2D eigenvalue weighted by Gasteiger charge is 2.24. The summed E-state index contributed by atoms with van der Waals surface area (Å²) in [6.45, 7) is 11.1. The highest BCUT2D eigenvalue weighted by molar-refractivity contribution is 5.80. The molecule has 0 spiro atoms. The summed E-state index contributed by atoms with van der Waals surface area (Å²) in [4.78, 5) is 14.1. The molecule has 8 nitrogen and oxygen atoms in total. The smallest absolute Gasteiger partial charge is 0.193 e. The van der Waals surface area contributed by atoms with E-state index in [1.54, 1.807) is 0 Å². The lowest BCUT2D eigenvalue weighted by molar-refractivity contribution is 0.115. The van der Waals surface area contributed by atoms with E-state index < -0.39 is 0 Å². The van der Waals surface area contributed by atoms with Gasteiger partial charge in [-0.3, -0.25) is 14.8 Å². The van der Waals surface area contributed by atoms with Crippen molar-refractivity contribution in [1.29, 1.82) is 0 Å². The number of nitrogens with zero attached hydrogens (tertiary/aromatic N) is 6. The van der Waals surface area contributed by atoms with Crippen molar-refractivity contribution in [2.75, 3.05) is 73.5 Å². The summed E-state index contributed by atoms with van der Waals surface area (Å²) >= 11 is 0. The zero-order valence-electron chi connectivity index (χ0n) is 16.6. The van der Waals surface area contributed by atoms with E-state index in [0.29, 0.717) is 6.04 Å². The number of likely N-dealkylation sites (N-methyl/N-ethyl adjacent to an activating group) is 2. The molecule has 2 saturated heterocycles. The topological polar surface area (TPSA) is 63.4 Å². The van der Waals surface area contributed by atoms with E-state index in [0.717, 1.165) is 76.3 Å². The third kappa shape index (κ3) is 4.96. The van der Waals surface area contributed by atoms with Crippen LogP contribution in [-0.4, -0.2) is 110 Å². The van der Waals surface area contributed by atoms with E-state index in [9.17, 15) is 0 Å². The molecule has 3 heterocycles. The van der Waals surface area contributed by atoms with Crippen LogP contribution in [0.4, 0.5) is 0 Å². The second-order valence-corrected chi connectivity index (χ2v) is 7.52. The predicted molar refractivity (Wildman–Crippen MR) is 103 cm³/mol. The summed E-state index contributed by atoms with van der Waals surface area (Å²) in [5.41, 5.74) is 1.02. The van der Waals surface area contributed by atoms with Crippen LogP contribution in [0.3, 0.4) is 0 Å². The maximum atomic E-state index is 5.16. The van der Waals surface area contributed by atoms with Crippen LogP contribution in [0.15, 0.2) is 15.6 Å². The number of aromatic nitrogens is 1. The van der Waals surface area contributed by atoms with E-state index in [2.05, 4.69) is 49.2 Å². The van der Waals surface area contributed by atoms with E-state index in [1.807, 2.05) is 20.0 Å². The number of aryl methyl sites for hydroxylation is 1. The highest BCUT2D eigenvalue weighted by Crippen LogP contribution is 2.10. The molecule has 0 saturated carbocycles. The fourth-order valence-electron chi connectivity index (χ4n) is 3.70. The lowest BCUT2D eigenvalue weighted by Gasteiger charge is -2.39. The fourth-order valence-corrected chi connectivity index (χ4v) is 3.70. The van der Waals surface area contributed by atoms with Crippen molar-refractivity contribution < 1.29 is 4.52 Å². The maximum Gasteiger partial charge on any atom is 0.193 e. The van der Waals surface area contributed by atoms with Gasteiger partial charge in [0.15, 0.2) is 5.96 Å². The van der Waals surface area contributed by atoms with Crippen LogP contribution in [0.2, 0.25) is 0 Å². The summed E-state index contributed by atoms with van der Waals surface area (Å²) in [7, 11) is 6.29. The third-order valence-electron chi connectivity index (χ3n) is 5.42. The Kier molecular flexibility index (Phi) is 6.50. The number of aliphatic imine (C=N–C) groups is 1. The monoisotopic (exact) mass is 363 g/mol. The van der Waals surface area contributed by atoms with E-state index in [1.165, 1.54) is 0 Å². The molecule has 8 heteroatoms. The first-order valence-electron chi connectivity index (χ1n) is 9.54. The molecule has 0 radical (unpaired) electrons. The summed E-state index contributed by atoms with van der Waals surface area (Å²) < 4.78 is 5.16. The molecule has 2 fully saturated rings. The van der Waals surface area contributed by atoms with Gasteiger partial charge in [0.05, 0.1) is 5.69 Å². The molecule has 1 aromatic heterocycles. The van der Waals surface area contributed by atoms with Crippen LogP contribution < -0.4 is 5.32 Å². The van der Waals surface area contributed by atoms with Crippen molar-refractivity contribution in [2.45, 2.75) is 19.5 Å². The highest BCUT2D eigenvalue weighted by atomic mass is 16.5. The number of hydrogen-bond acceptors (Lipinski definition) is 6. The number of hydrogen-bond donors (Lipinski definition) is 1. The van der Waals surface area contributed by atoms with Crippen molar-refractivity contribution in [1.82, 2.24) is 30.1 Å². The van der Waals surface area contributed by atoms with E-state index in [-0.39, 0.29) is 0 Å². The Balaban J connectivity index is 1.44. The van der Waals surface area contributed by atoms with Gasteiger partial charge < -0.3 is 19.6 Å². The Morgan fingerprint density at radius 2 is 2.00 bits per heavy atom. The zero-order valence-corrected chi connectivity index (χ0v) is 16.6. The van der Waals surface area contributed by atoms with Gasteiger partial charge in [-0.15, -0.1) is 0 Å². The SMILES string of the molecule is CN=C(NCC1CN(C)CCN1C)N1CCN(Cc2cc(C)on2)CC1. The minimum atomic E-state index is 0.530. The molecule has 0 aliphatic carbocycles. The van der Waals surface area contributed by atoms with Gasteiger partial charge in [0.25, 0.3) is 0 Å². The Bertz CT molecular complexity index is 594. The Morgan fingerprint density at radius 1 is 1.23 bits per heavy atom. The normalized spacial score (nSPS) is 24.2. The third-order valence-corrected chi connectivity index (χ3v) is 5.42. The van der Waals surface area contributed by atoms with Crippen LogP contribution in [0, 0.1) is 6.92 Å². The molecule has 0 amide bonds. The molecule has 1 N–H and O–H groups in total. The molecule has 1 aromatic rings. The quantitative estimate of drug-likeness (QED) is 0.593. The number of piperazine rings is 2. The van der Waals surface area contributed by atoms with Gasteiger partial charge in [-0.05, 0) is 21.0 Å². The van der Waals surface area contributed by atoms with Crippen molar-refractivity contribution in [3.8, 4) is 0 Å². The van der Waals surface area contributed by atoms with Crippen molar-refractivity contribution in [3.05, 3.63) is 17.5 Å². The largest absolute Gasteiger partial charge is 0.361 e. The van der Waals surface area contributed by atoms with Gasteiger partial charge >= 0.3 is 0 Å². The van der Waals surface area contributed by atoms with Gasteiger partial charge in [-0.25, -0.2) is 0 Å². The van der Waals surface area contributed by atoms with E-state index >= 15 is 0 Å². The average Bonchev–Trinajstić information content (AvgIpc) is 3.04. The number of rotatable bonds is 4. The molecule has 1 atom stereocenters. The van der Waals surface area contributed by atoms with Crippen molar-refractivity contribution in [2.24, 2.45) is 4.99 Å². The number of nitrogens with one attached hydrogen (secondary N) is 1. The molecule has 0 aromatic carbocycles. The lowest BCUT2D eigenvalue weighted by Crippen LogP contribution is -2.57. The molecule has 26 heavy (non-hydrogen) atoms. The fraction of sp³-hybridized carbons (Fsp3) is 0.778. The van der Waals surface area contributed by atoms with Crippen molar-refractivity contribution in [3.63, 3.8) is 0 Å². The molecule has 0 bridgehead atoms. The second kappa shape index (κ2) is 8.83. The molecule has 146 valence electrons. The predicted octanol–water partition coefficient (Wildman–Crippen LogP) is -0.0782.